The van der Waals surface area contributed by atoms with Gasteiger partial charge in [0.15, 0.2) is 4.34 Å². The van der Waals surface area contributed by atoms with E-state index in [0.717, 1.165) is 24.1 Å². The summed E-state index contributed by atoms with van der Waals surface area (Å²) >= 11 is 2.72. The van der Waals surface area contributed by atoms with E-state index in [-0.39, 0.29) is 23.6 Å². The van der Waals surface area contributed by atoms with Gasteiger partial charge in [0, 0.05) is 18.2 Å². The van der Waals surface area contributed by atoms with E-state index in [1.54, 1.807) is 4.90 Å². The molecule has 1 aliphatic carbocycles. The Labute approximate surface area is 167 Å². The number of rotatable bonds is 8. The third-order valence-electron chi connectivity index (χ3n) is 4.27. The third-order valence-corrected chi connectivity index (χ3v) is 6.32. The molecule has 0 spiro atoms. The van der Waals surface area contributed by atoms with Crippen LogP contribution >= 0.6 is 23.1 Å². The highest BCUT2D eigenvalue weighted by atomic mass is 32.2. The van der Waals surface area contributed by atoms with Crippen molar-refractivity contribution in [3.8, 4) is 0 Å². The fourth-order valence-corrected chi connectivity index (χ4v) is 4.49. The zero-order valence-electron chi connectivity index (χ0n) is 15.8. The standard InChI is InChI=1S/C19H24N4O2S2/c1-4-17(25)23(13-9-10-13)18-21-22-19(27-18)26-11-16(24)20-15-8-6-5-7-14(15)12(2)3/h5-8,12-13H,4,9-11H2,1-3H3,(H,20,24). The van der Waals surface area contributed by atoms with Gasteiger partial charge >= 0.3 is 0 Å². The Morgan fingerprint density at radius 2 is 2.04 bits per heavy atom. The molecular weight excluding hydrogens is 380 g/mol. The number of carbonyl (C=O) groups is 2. The minimum absolute atomic E-state index is 0.0754. The second-order valence-electron chi connectivity index (χ2n) is 6.78. The molecule has 0 radical (unpaired) electrons. The second kappa shape index (κ2) is 8.84. The number of nitrogens with one attached hydrogen (secondary N) is 1. The first-order chi connectivity index (χ1) is 13.0. The maximum absolute atomic E-state index is 12.3. The van der Waals surface area contributed by atoms with Gasteiger partial charge in [-0.25, -0.2) is 0 Å². The summed E-state index contributed by atoms with van der Waals surface area (Å²) in [5.41, 5.74) is 1.97. The van der Waals surface area contributed by atoms with E-state index in [9.17, 15) is 9.59 Å². The number of aromatic nitrogens is 2. The Morgan fingerprint density at radius 1 is 1.30 bits per heavy atom. The molecule has 0 aliphatic heterocycles. The minimum Gasteiger partial charge on any atom is -0.325 e. The lowest BCUT2D eigenvalue weighted by Gasteiger charge is -2.17. The Kier molecular flexibility index (Phi) is 6.49. The van der Waals surface area contributed by atoms with Crippen molar-refractivity contribution in [2.45, 2.75) is 56.3 Å². The molecule has 2 amide bonds. The first-order valence-corrected chi connectivity index (χ1v) is 11.0. The highest BCUT2D eigenvalue weighted by Gasteiger charge is 2.35. The molecule has 1 N–H and O–H groups in total. The van der Waals surface area contributed by atoms with Gasteiger partial charge in [0.2, 0.25) is 16.9 Å². The number of thioether (sulfide) groups is 1. The lowest BCUT2D eigenvalue weighted by atomic mass is 10.0. The van der Waals surface area contributed by atoms with Gasteiger partial charge in [-0.3, -0.25) is 14.5 Å². The molecule has 8 heteroatoms. The van der Waals surface area contributed by atoms with Crippen LogP contribution in [0.5, 0.6) is 0 Å². The number of hydrogen-bond acceptors (Lipinski definition) is 6. The molecular formula is C19H24N4O2S2. The average molecular weight is 405 g/mol. The SMILES string of the molecule is CCC(=O)N(c1nnc(SCC(=O)Nc2ccccc2C(C)C)s1)C1CC1. The summed E-state index contributed by atoms with van der Waals surface area (Å²) < 4.78 is 0.701. The monoisotopic (exact) mass is 404 g/mol. The zero-order chi connectivity index (χ0) is 19.4. The van der Waals surface area contributed by atoms with Gasteiger partial charge in [0.1, 0.15) is 0 Å². The molecule has 1 fully saturated rings. The predicted octanol–water partition coefficient (Wildman–Crippen LogP) is 4.30. The van der Waals surface area contributed by atoms with Gasteiger partial charge in [-0.05, 0) is 30.4 Å². The number of para-hydroxylation sites is 1. The Bertz CT molecular complexity index is 818. The highest BCUT2D eigenvalue weighted by Crippen LogP contribution is 2.36. The molecule has 0 unspecified atom stereocenters. The van der Waals surface area contributed by atoms with Gasteiger partial charge in [0.25, 0.3) is 0 Å². The van der Waals surface area contributed by atoms with Crippen molar-refractivity contribution in [1.82, 2.24) is 10.2 Å². The summed E-state index contributed by atoms with van der Waals surface area (Å²) in [4.78, 5) is 26.3. The maximum Gasteiger partial charge on any atom is 0.234 e. The van der Waals surface area contributed by atoms with E-state index in [1.165, 1.54) is 23.1 Å². The van der Waals surface area contributed by atoms with Crippen LogP contribution in [0.15, 0.2) is 28.6 Å². The second-order valence-corrected chi connectivity index (χ2v) is 8.96. The van der Waals surface area contributed by atoms with Crippen LogP contribution in [0.25, 0.3) is 0 Å². The van der Waals surface area contributed by atoms with E-state index >= 15 is 0 Å². The number of carbonyl (C=O) groups excluding carboxylic acids is 2. The predicted molar refractivity (Wildman–Crippen MR) is 111 cm³/mol. The highest BCUT2D eigenvalue weighted by molar-refractivity contribution is 8.01. The molecule has 27 heavy (non-hydrogen) atoms. The summed E-state index contributed by atoms with van der Waals surface area (Å²) in [5.74, 6) is 0.595. The average Bonchev–Trinajstić information content (AvgIpc) is 3.37. The molecule has 1 aromatic carbocycles. The van der Waals surface area contributed by atoms with Crippen LogP contribution in [0.1, 0.15) is 51.5 Å². The molecule has 1 aliphatic rings. The lowest BCUT2D eigenvalue weighted by Crippen LogP contribution is -2.32. The van der Waals surface area contributed by atoms with Crippen molar-refractivity contribution in [2.24, 2.45) is 0 Å². The fraction of sp³-hybridized carbons (Fsp3) is 0.474. The smallest absolute Gasteiger partial charge is 0.234 e. The number of amides is 2. The van der Waals surface area contributed by atoms with Gasteiger partial charge in [0.05, 0.1) is 5.75 Å². The topological polar surface area (TPSA) is 75.2 Å². The molecule has 1 aromatic heterocycles. The van der Waals surface area contributed by atoms with Crippen LogP contribution in [-0.2, 0) is 9.59 Å². The number of anilines is 2. The zero-order valence-corrected chi connectivity index (χ0v) is 17.4. The number of hydrogen-bond donors (Lipinski definition) is 1. The van der Waals surface area contributed by atoms with Crippen LogP contribution in [-0.4, -0.2) is 33.8 Å². The molecule has 2 aromatic rings. The van der Waals surface area contributed by atoms with E-state index in [4.69, 9.17) is 0 Å². The number of benzene rings is 1. The van der Waals surface area contributed by atoms with E-state index in [1.807, 2.05) is 31.2 Å². The van der Waals surface area contributed by atoms with Crippen molar-refractivity contribution in [1.29, 1.82) is 0 Å². The summed E-state index contributed by atoms with van der Waals surface area (Å²) in [5, 5.41) is 11.9. The summed E-state index contributed by atoms with van der Waals surface area (Å²) in [6.07, 6.45) is 2.49. The molecule has 6 nitrogen and oxygen atoms in total. The van der Waals surface area contributed by atoms with Crippen LogP contribution in [0.4, 0.5) is 10.8 Å². The lowest BCUT2D eigenvalue weighted by molar-refractivity contribution is -0.118. The molecule has 0 bridgehead atoms. The third kappa shape index (κ3) is 5.07. The molecule has 1 heterocycles. The molecule has 1 saturated carbocycles. The quantitative estimate of drug-likeness (QED) is 0.524. The molecule has 0 atom stereocenters. The van der Waals surface area contributed by atoms with Crippen molar-refractivity contribution < 1.29 is 9.59 Å². The Hall–Kier alpha value is -1.93. The number of nitrogens with zero attached hydrogens (tertiary/aromatic N) is 3. The van der Waals surface area contributed by atoms with Crippen LogP contribution in [0.2, 0.25) is 0 Å². The van der Waals surface area contributed by atoms with Crippen LogP contribution in [0, 0.1) is 0 Å². The summed E-state index contributed by atoms with van der Waals surface area (Å²) in [6, 6.07) is 8.11. The Balaban J connectivity index is 1.58. The van der Waals surface area contributed by atoms with Gasteiger partial charge < -0.3 is 5.32 Å². The van der Waals surface area contributed by atoms with Crippen LogP contribution < -0.4 is 10.2 Å². The molecule has 3 rings (SSSR count). The molecule has 0 saturated heterocycles. The van der Waals surface area contributed by atoms with Crippen molar-refractivity contribution in [2.75, 3.05) is 16.0 Å². The van der Waals surface area contributed by atoms with E-state index < -0.39 is 0 Å². The minimum atomic E-state index is -0.0754. The Morgan fingerprint density at radius 3 is 2.70 bits per heavy atom. The first kappa shape index (κ1) is 19.8. The maximum atomic E-state index is 12.3. The van der Waals surface area contributed by atoms with Crippen LogP contribution in [0.3, 0.4) is 0 Å². The normalized spacial score (nSPS) is 13.6. The van der Waals surface area contributed by atoms with Crippen molar-refractivity contribution in [3.63, 3.8) is 0 Å². The van der Waals surface area contributed by atoms with Gasteiger partial charge in [-0.15, -0.1) is 10.2 Å². The van der Waals surface area contributed by atoms with Crippen molar-refractivity contribution >= 4 is 45.7 Å². The van der Waals surface area contributed by atoms with Gasteiger partial charge in [-0.2, -0.15) is 0 Å². The first-order valence-electron chi connectivity index (χ1n) is 9.16. The molecule has 144 valence electrons. The summed E-state index contributed by atoms with van der Waals surface area (Å²) in [7, 11) is 0. The van der Waals surface area contributed by atoms with Gasteiger partial charge in [-0.1, -0.05) is 62.1 Å². The fourth-order valence-electron chi connectivity index (χ4n) is 2.76. The largest absolute Gasteiger partial charge is 0.325 e. The van der Waals surface area contributed by atoms with Crippen molar-refractivity contribution in [3.05, 3.63) is 29.8 Å². The van der Waals surface area contributed by atoms with E-state index in [0.29, 0.717) is 21.8 Å². The summed E-state index contributed by atoms with van der Waals surface area (Å²) in [6.45, 7) is 6.06. The van der Waals surface area contributed by atoms with E-state index in [2.05, 4.69) is 29.4 Å².